The lowest BCUT2D eigenvalue weighted by atomic mass is 9.85. The maximum absolute atomic E-state index is 11.6. The summed E-state index contributed by atoms with van der Waals surface area (Å²) in [5.41, 5.74) is 11.0. The van der Waals surface area contributed by atoms with E-state index in [1.165, 1.54) is 0 Å². The molecular weight excluding hydrogens is 214 g/mol. The monoisotopic (exact) mass is 241 g/mol. The van der Waals surface area contributed by atoms with Crippen LogP contribution in [0.4, 0.5) is 0 Å². The van der Waals surface area contributed by atoms with Crippen molar-refractivity contribution in [3.63, 3.8) is 0 Å². The Morgan fingerprint density at radius 1 is 1.41 bits per heavy atom. The van der Waals surface area contributed by atoms with Crippen LogP contribution in [0.1, 0.15) is 40.5 Å². The van der Waals surface area contributed by atoms with Crippen molar-refractivity contribution in [2.45, 2.75) is 52.1 Å². The molecule has 0 spiro atoms. The average Bonchev–Trinajstić information content (AvgIpc) is 2.97. The first-order chi connectivity index (χ1) is 7.59. The van der Waals surface area contributed by atoms with Gasteiger partial charge in [-0.1, -0.05) is 20.8 Å². The highest BCUT2D eigenvalue weighted by Crippen LogP contribution is 2.39. The molecule has 17 heavy (non-hydrogen) atoms. The minimum absolute atomic E-state index is 0.164. The number of hydrogen-bond donors (Lipinski definition) is 2. The molecule has 1 saturated carbocycles. The summed E-state index contributed by atoms with van der Waals surface area (Å²) in [6, 6.07) is 0.350. The number of hydrogen-bond acceptors (Lipinski definition) is 3. The van der Waals surface area contributed by atoms with Gasteiger partial charge in [0.1, 0.15) is 5.54 Å². The van der Waals surface area contributed by atoms with E-state index in [1.807, 2.05) is 7.05 Å². The highest BCUT2D eigenvalue weighted by atomic mass is 16.1. The Labute approximate surface area is 105 Å². The summed E-state index contributed by atoms with van der Waals surface area (Å²) in [6.07, 6.45) is 2.05. The molecule has 0 aliphatic heterocycles. The Kier molecular flexibility index (Phi) is 3.89. The molecule has 1 aliphatic rings. The van der Waals surface area contributed by atoms with E-state index in [1.54, 1.807) is 0 Å². The van der Waals surface area contributed by atoms with Gasteiger partial charge in [0.2, 0.25) is 5.91 Å². The summed E-state index contributed by atoms with van der Waals surface area (Å²) in [5.74, 6) is -0.0948. The fraction of sp³-hybridized carbons (Fsp3) is 0.923. The van der Waals surface area contributed by atoms with E-state index in [4.69, 9.17) is 11.5 Å². The molecular formula is C13H27N3O. The molecule has 1 amide bonds. The Morgan fingerprint density at radius 2 is 1.88 bits per heavy atom. The van der Waals surface area contributed by atoms with Gasteiger partial charge < -0.3 is 16.4 Å². The van der Waals surface area contributed by atoms with Crippen LogP contribution in [0.5, 0.6) is 0 Å². The smallest absolute Gasteiger partial charge is 0.239 e. The minimum atomic E-state index is -0.853. The molecule has 1 fully saturated rings. The minimum Gasteiger partial charge on any atom is -0.368 e. The van der Waals surface area contributed by atoms with Crippen molar-refractivity contribution in [3.05, 3.63) is 0 Å². The maximum Gasteiger partial charge on any atom is 0.239 e. The van der Waals surface area contributed by atoms with Crippen LogP contribution < -0.4 is 11.5 Å². The number of nitrogens with two attached hydrogens (primary N) is 2. The number of rotatable bonds is 5. The van der Waals surface area contributed by atoms with Gasteiger partial charge in [-0.3, -0.25) is 4.79 Å². The third-order valence-corrected chi connectivity index (χ3v) is 4.19. The number of likely N-dealkylation sites (N-methyl/N-ethyl adjacent to an activating group) is 1. The first-order valence-corrected chi connectivity index (χ1v) is 6.38. The fourth-order valence-electron chi connectivity index (χ4n) is 2.22. The lowest BCUT2D eigenvalue weighted by Crippen LogP contribution is -2.61. The zero-order valence-corrected chi connectivity index (χ0v) is 11.8. The quantitative estimate of drug-likeness (QED) is 0.752. The van der Waals surface area contributed by atoms with Gasteiger partial charge in [-0.2, -0.15) is 0 Å². The number of nitrogens with zero attached hydrogens (tertiary/aromatic N) is 1. The first-order valence-electron chi connectivity index (χ1n) is 6.38. The molecule has 0 bridgehead atoms. The first kappa shape index (κ1) is 14.5. The zero-order valence-electron chi connectivity index (χ0n) is 11.8. The number of carbonyl (C=O) groups is 1. The Hall–Kier alpha value is -0.610. The summed E-state index contributed by atoms with van der Waals surface area (Å²) < 4.78 is 0. The van der Waals surface area contributed by atoms with Crippen molar-refractivity contribution in [2.24, 2.45) is 22.8 Å². The SMILES string of the molecule is CC(N(C)CC(N)(C(N)=O)C1CC1)C(C)(C)C. The van der Waals surface area contributed by atoms with Crippen molar-refractivity contribution < 1.29 is 4.79 Å². The fourth-order valence-corrected chi connectivity index (χ4v) is 2.22. The second-order valence-electron chi connectivity index (χ2n) is 6.64. The number of carbonyl (C=O) groups excluding carboxylic acids is 1. The van der Waals surface area contributed by atoms with Gasteiger partial charge in [-0.15, -0.1) is 0 Å². The summed E-state index contributed by atoms with van der Waals surface area (Å²) in [5, 5.41) is 0. The zero-order chi connectivity index (χ0) is 13.4. The van der Waals surface area contributed by atoms with Crippen LogP contribution in [0.3, 0.4) is 0 Å². The summed E-state index contributed by atoms with van der Waals surface area (Å²) in [7, 11) is 2.02. The highest BCUT2D eigenvalue weighted by molar-refractivity contribution is 5.85. The van der Waals surface area contributed by atoms with Crippen LogP contribution in [-0.2, 0) is 4.79 Å². The van der Waals surface area contributed by atoms with Gasteiger partial charge in [0.15, 0.2) is 0 Å². The Balaban J connectivity index is 2.71. The van der Waals surface area contributed by atoms with Gasteiger partial charge in [0, 0.05) is 12.6 Å². The van der Waals surface area contributed by atoms with Crippen LogP contribution >= 0.6 is 0 Å². The second-order valence-corrected chi connectivity index (χ2v) is 6.64. The second kappa shape index (κ2) is 4.58. The van der Waals surface area contributed by atoms with Crippen molar-refractivity contribution in [1.29, 1.82) is 0 Å². The van der Waals surface area contributed by atoms with Crippen LogP contribution in [0.15, 0.2) is 0 Å². The molecule has 1 aliphatic carbocycles. The molecule has 2 unspecified atom stereocenters. The van der Waals surface area contributed by atoms with Gasteiger partial charge in [0.05, 0.1) is 0 Å². The van der Waals surface area contributed by atoms with Gasteiger partial charge in [0.25, 0.3) is 0 Å². The van der Waals surface area contributed by atoms with E-state index in [9.17, 15) is 4.79 Å². The van der Waals surface area contributed by atoms with Crippen molar-refractivity contribution in [1.82, 2.24) is 4.90 Å². The number of primary amides is 1. The van der Waals surface area contributed by atoms with E-state index in [0.29, 0.717) is 12.6 Å². The molecule has 0 heterocycles. The average molecular weight is 241 g/mol. The molecule has 0 aromatic carbocycles. The van der Waals surface area contributed by atoms with Crippen LogP contribution in [-0.4, -0.2) is 36.0 Å². The van der Waals surface area contributed by atoms with Gasteiger partial charge >= 0.3 is 0 Å². The van der Waals surface area contributed by atoms with Crippen LogP contribution in [0.2, 0.25) is 0 Å². The van der Waals surface area contributed by atoms with Crippen LogP contribution in [0, 0.1) is 11.3 Å². The molecule has 4 heteroatoms. The lowest BCUT2D eigenvalue weighted by Gasteiger charge is -2.39. The van der Waals surface area contributed by atoms with Crippen molar-refractivity contribution in [3.8, 4) is 0 Å². The van der Waals surface area contributed by atoms with E-state index >= 15 is 0 Å². The van der Waals surface area contributed by atoms with E-state index < -0.39 is 5.54 Å². The molecule has 0 aromatic heterocycles. The number of amides is 1. The van der Waals surface area contributed by atoms with E-state index in [-0.39, 0.29) is 17.2 Å². The third-order valence-electron chi connectivity index (χ3n) is 4.19. The third kappa shape index (κ3) is 3.19. The normalized spacial score (nSPS) is 22.3. The van der Waals surface area contributed by atoms with Gasteiger partial charge in [-0.25, -0.2) is 0 Å². The van der Waals surface area contributed by atoms with Crippen LogP contribution in [0.25, 0.3) is 0 Å². The summed E-state index contributed by atoms with van der Waals surface area (Å²) in [6.45, 7) is 9.27. The summed E-state index contributed by atoms with van der Waals surface area (Å²) >= 11 is 0. The molecule has 100 valence electrons. The molecule has 0 aromatic rings. The molecule has 1 rings (SSSR count). The molecule has 4 nitrogen and oxygen atoms in total. The Morgan fingerprint density at radius 3 is 2.18 bits per heavy atom. The molecule has 4 N–H and O–H groups in total. The predicted octanol–water partition coefficient (Wildman–Crippen LogP) is 0.946. The maximum atomic E-state index is 11.6. The van der Waals surface area contributed by atoms with Crippen molar-refractivity contribution in [2.75, 3.05) is 13.6 Å². The predicted molar refractivity (Wildman–Crippen MR) is 70.4 cm³/mol. The molecule has 0 saturated heterocycles. The van der Waals surface area contributed by atoms with E-state index in [2.05, 4.69) is 32.6 Å². The molecule has 2 atom stereocenters. The Bertz CT molecular complexity index is 294. The standard InChI is InChI=1S/C13H27N3O/c1-9(12(2,3)4)16(5)8-13(15,11(14)17)10-6-7-10/h9-10H,6-8,15H2,1-5H3,(H2,14,17). The van der Waals surface area contributed by atoms with Crippen molar-refractivity contribution >= 4 is 5.91 Å². The topological polar surface area (TPSA) is 72.3 Å². The largest absolute Gasteiger partial charge is 0.368 e. The van der Waals surface area contributed by atoms with E-state index in [0.717, 1.165) is 12.8 Å². The molecule has 0 radical (unpaired) electrons. The lowest BCUT2D eigenvalue weighted by molar-refractivity contribution is -0.125. The van der Waals surface area contributed by atoms with Gasteiger partial charge in [-0.05, 0) is 38.1 Å². The highest BCUT2D eigenvalue weighted by Gasteiger charge is 2.48. The summed E-state index contributed by atoms with van der Waals surface area (Å²) in [4.78, 5) is 13.7.